The van der Waals surface area contributed by atoms with Crippen LogP contribution in [0, 0.1) is 0 Å². The summed E-state index contributed by atoms with van der Waals surface area (Å²) in [5.41, 5.74) is 1.57. The molecule has 0 aliphatic carbocycles. The summed E-state index contributed by atoms with van der Waals surface area (Å²) in [4.78, 5) is 0. The van der Waals surface area contributed by atoms with Gasteiger partial charge in [0.15, 0.2) is 5.75 Å². The van der Waals surface area contributed by atoms with E-state index in [1.807, 2.05) is 39.8 Å². The summed E-state index contributed by atoms with van der Waals surface area (Å²) in [6.07, 6.45) is 0. The monoisotopic (exact) mass is 387 g/mol. The van der Waals surface area contributed by atoms with Crippen molar-refractivity contribution in [3.8, 4) is 11.5 Å². The molecule has 1 aromatic carbocycles. The maximum absolute atomic E-state index is 11.5. The first-order valence-corrected chi connectivity index (χ1v) is 13.0. The van der Waals surface area contributed by atoms with Crippen molar-refractivity contribution in [3.05, 3.63) is 23.3 Å². The van der Waals surface area contributed by atoms with Gasteiger partial charge in [-0.15, -0.1) is 0 Å². The molecule has 0 aromatic heterocycles. The smallest absolute Gasteiger partial charge is 0.380 e. The Morgan fingerprint density at radius 3 is 1.68 bits per heavy atom. The van der Waals surface area contributed by atoms with E-state index in [0.29, 0.717) is 5.75 Å². The van der Waals surface area contributed by atoms with Gasteiger partial charge in [-0.2, -0.15) is 13.6 Å². The van der Waals surface area contributed by atoms with Crippen LogP contribution in [-0.2, 0) is 10.3 Å². The Morgan fingerprint density at radius 1 is 1.00 bits per heavy atom. The van der Waals surface area contributed by atoms with E-state index in [1.54, 1.807) is 0 Å². The van der Waals surface area contributed by atoms with Gasteiger partial charge in [0.2, 0.25) is 8.32 Å². The van der Waals surface area contributed by atoms with E-state index in [-0.39, 0.29) is 16.9 Å². The maximum Gasteiger partial charge on any atom is 0.380 e. The molecule has 0 bridgehead atoms. The van der Waals surface area contributed by atoms with Crippen LogP contribution in [0.5, 0.6) is 11.5 Å². The van der Waals surface area contributed by atoms with Gasteiger partial charge in [0, 0.05) is 11.1 Å². The lowest BCUT2D eigenvalue weighted by molar-refractivity contribution is 0.470. The molecule has 0 radical (unpaired) electrons. The standard InChI is InChI=1S/C18H33NO4SSi/c1-12(2)15-10-14(23-25(8,9)18(5,6)7)11-16(13(3)4)17(15)22-24(19,20)21/h10-13H,1-9H3,(H2,19,20,21). The highest BCUT2D eigenvalue weighted by Crippen LogP contribution is 2.42. The van der Waals surface area contributed by atoms with Gasteiger partial charge in [-0.3, -0.25) is 0 Å². The molecule has 5 nitrogen and oxygen atoms in total. The third-order valence-electron chi connectivity index (χ3n) is 4.74. The van der Waals surface area contributed by atoms with Gasteiger partial charge in [0.25, 0.3) is 0 Å². The van der Waals surface area contributed by atoms with Crippen molar-refractivity contribution in [2.45, 2.75) is 78.4 Å². The molecule has 2 N–H and O–H groups in total. The van der Waals surface area contributed by atoms with E-state index in [2.05, 4.69) is 33.9 Å². The largest absolute Gasteiger partial charge is 0.543 e. The van der Waals surface area contributed by atoms with Crippen LogP contribution < -0.4 is 13.7 Å². The molecule has 0 saturated heterocycles. The fraction of sp³-hybridized carbons (Fsp3) is 0.667. The zero-order valence-electron chi connectivity index (χ0n) is 16.9. The topological polar surface area (TPSA) is 78.6 Å². The molecule has 25 heavy (non-hydrogen) atoms. The highest BCUT2D eigenvalue weighted by Gasteiger charge is 2.39. The first-order valence-electron chi connectivity index (χ1n) is 8.64. The summed E-state index contributed by atoms with van der Waals surface area (Å²) in [5, 5.41) is 5.20. The molecular formula is C18H33NO4SSi. The molecule has 0 fully saturated rings. The number of nitrogens with two attached hydrogens (primary N) is 1. The second-order valence-electron chi connectivity index (χ2n) is 8.68. The SMILES string of the molecule is CC(C)c1cc(O[Si](C)(C)C(C)(C)C)cc(C(C)C)c1OS(N)(=O)=O. The van der Waals surface area contributed by atoms with E-state index >= 15 is 0 Å². The molecule has 0 heterocycles. The van der Waals surface area contributed by atoms with Crippen LogP contribution in [0.4, 0.5) is 0 Å². The van der Waals surface area contributed by atoms with Crippen molar-refractivity contribution in [1.29, 1.82) is 0 Å². The third-order valence-corrected chi connectivity index (χ3v) is 9.50. The highest BCUT2D eigenvalue weighted by molar-refractivity contribution is 7.84. The normalized spacial score (nSPS) is 13.4. The Hall–Kier alpha value is -1.05. The Labute approximate surface area is 154 Å². The summed E-state index contributed by atoms with van der Waals surface area (Å²) in [6, 6.07) is 3.77. The zero-order chi connectivity index (χ0) is 19.8. The minimum atomic E-state index is -4.09. The number of hydrogen-bond acceptors (Lipinski definition) is 4. The molecule has 1 rings (SSSR count). The van der Waals surface area contributed by atoms with Gasteiger partial charge >= 0.3 is 10.3 Å². The average Bonchev–Trinajstić information content (AvgIpc) is 2.36. The minimum Gasteiger partial charge on any atom is -0.543 e. The lowest BCUT2D eigenvalue weighted by Crippen LogP contribution is -2.43. The van der Waals surface area contributed by atoms with Crippen LogP contribution >= 0.6 is 0 Å². The van der Waals surface area contributed by atoms with E-state index < -0.39 is 18.6 Å². The van der Waals surface area contributed by atoms with Crippen molar-refractivity contribution in [2.24, 2.45) is 5.14 Å². The first-order chi connectivity index (χ1) is 11.0. The first kappa shape index (κ1) is 22.0. The van der Waals surface area contributed by atoms with E-state index in [4.69, 9.17) is 13.7 Å². The lowest BCUT2D eigenvalue weighted by atomic mass is 9.93. The number of rotatable bonds is 6. The summed E-state index contributed by atoms with van der Waals surface area (Å²) in [5.74, 6) is 1.23. The molecule has 0 aliphatic rings. The van der Waals surface area contributed by atoms with Gasteiger partial charge < -0.3 is 8.61 Å². The van der Waals surface area contributed by atoms with Crippen LogP contribution in [0.15, 0.2) is 12.1 Å². The van der Waals surface area contributed by atoms with Gasteiger partial charge in [-0.25, -0.2) is 0 Å². The van der Waals surface area contributed by atoms with Crippen LogP contribution in [0.3, 0.4) is 0 Å². The van der Waals surface area contributed by atoms with Crippen molar-refractivity contribution < 1.29 is 17.0 Å². The van der Waals surface area contributed by atoms with Gasteiger partial charge in [-0.1, -0.05) is 48.5 Å². The lowest BCUT2D eigenvalue weighted by Gasteiger charge is -2.37. The number of hydrogen-bond donors (Lipinski definition) is 1. The Balaban J connectivity index is 3.55. The Bertz CT molecular complexity index is 690. The number of benzene rings is 1. The Morgan fingerprint density at radius 2 is 1.40 bits per heavy atom. The molecule has 7 heteroatoms. The summed E-state index contributed by atoms with van der Waals surface area (Å²) >= 11 is 0. The fourth-order valence-electron chi connectivity index (χ4n) is 2.22. The van der Waals surface area contributed by atoms with Crippen LogP contribution in [0.2, 0.25) is 18.1 Å². The van der Waals surface area contributed by atoms with E-state index in [0.717, 1.165) is 16.9 Å². The summed E-state index contributed by atoms with van der Waals surface area (Å²) in [6.45, 7) is 18.9. The molecule has 0 unspecified atom stereocenters. The van der Waals surface area contributed by atoms with Gasteiger partial charge in [0.1, 0.15) is 5.75 Å². The van der Waals surface area contributed by atoms with Crippen molar-refractivity contribution >= 4 is 18.6 Å². The molecule has 1 aromatic rings. The van der Waals surface area contributed by atoms with Crippen molar-refractivity contribution in [3.63, 3.8) is 0 Å². The van der Waals surface area contributed by atoms with Crippen LogP contribution in [-0.4, -0.2) is 16.7 Å². The van der Waals surface area contributed by atoms with E-state index in [1.165, 1.54) is 0 Å². The molecule has 0 spiro atoms. The van der Waals surface area contributed by atoms with Crippen molar-refractivity contribution in [2.75, 3.05) is 0 Å². The van der Waals surface area contributed by atoms with Gasteiger partial charge in [-0.05, 0) is 42.1 Å². The molecule has 144 valence electrons. The highest BCUT2D eigenvalue weighted by atomic mass is 32.2. The van der Waals surface area contributed by atoms with Crippen molar-refractivity contribution in [1.82, 2.24) is 0 Å². The predicted molar refractivity (Wildman–Crippen MR) is 106 cm³/mol. The van der Waals surface area contributed by atoms with Gasteiger partial charge in [0.05, 0.1) is 0 Å². The molecular weight excluding hydrogens is 354 g/mol. The predicted octanol–water partition coefficient (Wildman–Crippen LogP) is 4.90. The molecule has 0 atom stereocenters. The molecule has 0 amide bonds. The summed E-state index contributed by atoms with van der Waals surface area (Å²) in [7, 11) is -6.10. The second kappa shape index (κ2) is 7.29. The Kier molecular flexibility index (Phi) is 6.41. The second-order valence-corrected chi connectivity index (χ2v) is 14.6. The van der Waals surface area contributed by atoms with Crippen LogP contribution in [0.1, 0.15) is 71.4 Å². The summed E-state index contributed by atoms with van der Waals surface area (Å²) < 4.78 is 34.6. The van der Waals surface area contributed by atoms with E-state index in [9.17, 15) is 8.42 Å². The quantitative estimate of drug-likeness (QED) is 0.704. The molecule has 0 saturated carbocycles. The average molecular weight is 388 g/mol. The molecule has 0 aliphatic heterocycles. The minimum absolute atomic E-state index is 0.0669. The zero-order valence-corrected chi connectivity index (χ0v) is 18.7. The third kappa shape index (κ3) is 5.72. The maximum atomic E-state index is 11.5. The van der Waals surface area contributed by atoms with Crippen LogP contribution in [0.25, 0.3) is 0 Å². The fourth-order valence-corrected chi connectivity index (χ4v) is 3.66.